The fourth-order valence-corrected chi connectivity index (χ4v) is 2.89. The minimum atomic E-state index is 0.192. The van der Waals surface area contributed by atoms with Gasteiger partial charge in [-0.2, -0.15) is 15.0 Å². The maximum absolute atomic E-state index is 5.93. The molecule has 2 rings (SSSR count). The average molecular weight is 299 g/mol. The number of likely N-dealkylation sites (N-methyl/N-ethyl adjacent to an activating group) is 1. The summed E-state index contributed by atoms with van der Waals surface area (Å²) >= 11 is 5.93. The summed E-state index contributed by atoms with van der Waals surface area (Å²) in [5.41, 5.74) is 0.192. The summed E-state index contributed by atoms with van der Waals surface area (Å²) in [6.45, 7) is 3.57. The second kappa shape index (κ2) is 6.54. The van der Waals surface area contributed by atoms with E-state index in [1.165, 1.54) is 25.7 Å². The summed E-state index contributed by atoms with van der Waals surface area (Å²) in [5.74, 6) is 1.05. The minimum Gasteiger partial charge on any atom is -0.354 e. The van der Waals surface area contributed by atoms with Crippen molar-refractivity contribution in [3.8, 4) is 0 Å². The standard InChI is InChI=1S/C13H23ClN6/c1-4-15-11-17-10(14)18-12(19-11)16-9-13(20(2)3)7-5-6-8-13/h4-9H2,1-3H3,(H2,15,16,17,18,19). The summed E-state index contributed by atoms with van der Waals surface area (Å²) in [4.78, 5) is 14.8. The third-order valence-corrected chi connectivity index (χ3v) is 4.17. The van der Waals surface area contributed by atoms with Crippen molar-refractivity contribution in [1.82, 2.24) is 19.9 Å². The lowest BCUT2D eigenvalue weighted by Crippen LogP contribution is -2.47. The number of halogens is 1. The van der Waals surface area contributed by atoms with Crippen molar-refractivity contribution < 1.29 is 0 Å². The zero-order valence-electron chi connectivity index (χ0n) is 12.4. The van der Waals surface area contributed by atoms with E-state index in [4.69, 9.17) is 11.6 Å². The van der Waals surface area contributed by atoms with E-state index >= 15 is 0 Å². The Morgan fingerprint density at radius 3 is 2.25 bits per heavy atom. The van der Waals surface area contributed by atoms with Crippen LogP contribution in [0.4, 0.5) is 11.9 Å². The summed E-state index contributed by atoms with van der Waals surface area (Å²) in [6, 6.07) is 0. The minimum absolute atomic E-state index is 0.192. The molecule has 1 saturated carbocycles. The predicted octanol–water partition coefficient (Wildman–Crippen LogP) is 2.24. The first kappa shape index (κ1) is 15.3. The van der Waals surface area contributed by atoms with Crippen molar-refractivity contribution in [2.24, 2.45) is 0 Å². The van der Waals surface area contributed by atoms with Crippen molar-refractivity contribution in [3.63, 3.8) is 0 Å². The van der Waals surface area contributed by atoms with Gasteiger partial charge < -0.3 is 15.5 Å². The number of nitrogens with zero attached hydrogens (tertiary/aromatic N) is 4. The number of anilines is 2. The van der Waals surface area contributed by atoms with Crippen molar-refractivity contribution >= 4 is 23.5 Å². The van der Waals surface area contributed by atoms with Crippen LogP contribution >= 0.6 is 11.6 Å². The van der Waals surface area contributed by atoms with Crippen molar-refractivity contribution in [2.75, 3.05) is 37.8 Å². The van der Waals surface area contributed by atoms with Gasteiger partial charge in [-0.05, 0) is 45.5 Å². The number of aromatic nitrogens is 3. The molecule has 0 aliphatic heterocycles. The zero-order chi connectivity index (χ0) is 14.6. The molecule has 6 nitrogen and oxygen atoms in total. The van der Waals surface area contributed by atoms with E-state index in [0.717, 1.165) is 13.1 Å². The molecule has 112 valence electrons. The molecule has 0 bridgehead atoms. The van der Waals surface area contributed by atoms with E-state index in [2.05, 4.69) is 44.6 Å². The fourth-order valence-electron chi connectivity index (χ4n) is 2.73. The number of hydrogen-bond acceptors (Lipinski definition) is 6. The van der Waals surface area contributed by atoms with Gasteiger partial charge in [0.1, 0.15) is 0 Å². The maximum atomic E-state index is 5.93. The van der Waals surface area contributed by atoms with Gasteiger partial charge in [0.05, 0.1) is 0 Å². The maximum Gasteiger partial charge on any atom is 0.228 e. The van der Waals surface area contributed by atoms with Crippen LogP contribution in [0.3, 0.4) is 0 Å². The van der Waals surface area contributed by atoms with Crippen LogP contribution in [0.5, 0.6) is 0 Å². The Morgan fingerprint density at radius 1 is 1.10 bits per heavy atom. The molecule has 0 aromatic carbocycles. The topological polar surface area (TPSA) is 66.0 Å². The Bertz CT molecular complexity index is 444. The van der Waals surface area contributed by atoms with Crippen LogP contribution in [0.25, 0.3) is 0 Å². The Morgan fingerprint density at radius 2 is 1.70 bits per heavy atom. The van der Waals surface area contributed by atoms with Gasteiger partial charge in [-0.3, -0.25) is 0 Å². The van der Waals surface area contributed by atoms with E-state index in [1.807, 2.05) is 6.92 Å². The number of nitrogens with one attached hydrogen (secondary N) is 2. The van der Waals surface area contributed by atoms with Crippen LogP contribution in [0.1, 0.15) is 32.6 Å². The van der Waals surface area contributed by atoms with E-state index < -0.39 is 0 Å². The molecule has 2 N–H and O–H groups in total. The molecule has 0 saturated heterocycles. The van der Waals surface area contributed by atoms with Gasteiger partial charge >= 0.3 is 0 Å². The third kappa shape index (κ3) is 3.49. The van der Waals surface area contributed by atoms with Crippen LogP contribution in [0.15, 0.2) is 0 Å². The Hall–Kier alpha value is -1.14. The van der Waals surface area contributed by atoms with E-state index in [-0.39, 0.29) is 10.8 Å². The molecule has 1 fully saturated rings. The van der Waals surface area contributed by atoms with Gasteiger partial charge in [0.2, 0.25) is 17.2 Å². The monoisotopic (exact) mass is 298 g/mol. The lowest BCUT2D eigenvalue weighted by atomic mass is 9.96. The van der Waals surface area contributed by atoms with Gasteiger partial charge in [0.25, 0.3) is 0 Å². The molecule has 0 radical (unpaired) electrons. The second-order valence-corrected chi connectivity index (χ2v) is 5.80. The first-order chi connectivity index (χ1) is 9.55. The molecular weight excluding hydrogens is 276 g/mol. The lowest BCUT2D eigenvalue weighted by Gasteiger charge is -2.36. The molecule has 0 amide bonds. The highest BCUT2D eigenvalue weighted by Gasteiger charge is 2.35. The molecule has 1 aromatic heterocycles. The van der Waals surface area contributed by atoms with Crippen LogP contribution in [-0.2, 0) is 0 Å². The van der Waals surface area contributed by atoms with Gasteiger partial charge in [-0.15, -0.1) is 0 Å². The van der Waals surface area contributed by atoms with Crippen molar-refractivity contribution in [2.45, 2.75) is 38.1 Å². The summed E-state index contributed by atoms with van der Waals surface area (Å²) in [7, 11) is 4.27. The molecule has 1 aliphatic carbocycles. The predicted molar refractivity (Wildman–Crippen MR) is 82.4 cm³/mol. The second-order valence-electron chi connectivity index (χ2n) is 5.46. The summed E-state index contributed by atoms with van der Waals surface area (Å²) in [6.07, 6.45) is 4.96. The summed E-state index contributed by atoms with van der Waals surface area (Å²) in [5, 5.41) is 6.58. The highest BCUT2D eigenvalue weighted by Crippen LogP contribution is 2.33. The molecule has 1 heterocycles. The molecule has 20 heavy (non-hydrogen) atoms. The average Bonchev–Trinajstić information content (AvgIpc) is 2.86. The quantitative estimate of drug-likeness (QED) is 0.840. The van der Waals surface area contributed by atoms with Crippen molar-refractivity contribution in [3.05, 3.63) is 5.28 Å². The Labute approximate surface area is 125 Å². The van der Waals surface area contributed by atoms with E-state index in [1.54, 1.807) is 0 Å². The largest absolute Gasteiger partial charge is 0.354 e. The van der Waals surface area contributed by atoms with Crippen LogP contribution in [0.2, 0.25) is 5.28 Å². The normalized spacial score (nSPS) is 17.4. The number of hydrogen-bond donors (Lipinski definition) is 2. The first-order valence-electron chi connectivity index (χ1n) is 7.12. The SMILES string of the molecule is CCNc1nc(Cl)nc(NCC2(N(C)C)CCCC2)n1. The molecular formula is C13H23ClN6. The molecule has 7 heteroatoms. The molecule has 0 unspecified atom stereocenters. The van der Waals surface area contributed by atoms with Gasteiger partial charge in [0, 0.05) is 18.6 Å². The van der Waals surface area contributed by atoms with Gasteiger partial charge in [-0.1, -0.05) is 12.8 Å². The fraction of sp³-hybridized carbons (Fsp3) is 0.769. The zero-order valence-corrected chi connectivity index (χ0v) is 13.2. The highest BCUT2D eigenvalue weighted by molar-refractivity contribution is 6.28. The molecule has 0 spiro atoms. The van der Waals surface area contributed by atoms with E-state index in [9.17, 15) is 0 Å². The first-order valence-corrected chi connectivity index (χ1v) is 7.50. The van der Waals surface area contributed by atoms with Crippen LogP contribution in [-0.4, -0.2) is 52.6 Å². The molecule has 1 aliphatic rings. The lowest BCUT2D eigenvalue weighted by molar-refractivity contribution is 0.172. The van der Waals surface area contributed by atoms with E-state index in [0.29, 0.717) is 11.9 Å². The van der Waals surface area contributed by atoms with Crippen molar-refractivity contribution in [1.29, 1.82) is 0 Å². The summed E-state index contributed by atoms with van der Waals surface area (Å²) < 4.78 is 0. The van der Waals surface area contributed by atoms with Gasteiger partial charge in [-0.25, -0.2) is 0 Å². The van der Waals surface area contributed by atoms with Crippen LogP contribution in [0, 0.1) is 0 Å². The van der Waals surface area contributed by atoms with Gasteiger partial charge in [0.15, 0.2) is 0 Å². The molecule has 0 atom stereocenters. The molecule has 1 aromatic rings. The Balaban J connectivity index is 2.06. The Kier molecular flexibility index (Phi) is 4.99. The van der Waals surface area contributed by atoms with Crippen LogP contribution < -0.4 is 10.6 Å². The highest BCUT2D eigenvalue weighted by atomic mass is 35.5. The smallest absolute Gasteiger partial charge is 0.228 e. The third-order valence-electron chi connectivity index (χ3n) is 4.00. The number of rotatable bonds is 6.